The third-order valence-corrected chi connectivity index (χ3v) is 19.0. The minimum Gasteiger partial charge on any atom is -0.311 e. The molecular weight excluding hydrogens is 1150 g/mol. The van der Waals surface area contributed by atoms with E-state index in [4.69, 9.17) is 0 Å². The number of benzene rings is 12. The summed E-state index contributed by atoms with van der Waals surface area (Å²) >= 11 is 11.9. The molecule has 0 saturated carbocycles. The summed E-state index contributed by atoms with van der Waals surface area (Å²) in [4.78, 5) is 2.41. The lowest BCUT2D eigenvalue weighted by molar-refractivity contribution is 1.01. The molecule has 12 aromatic rings. The molecule has 0 saturated heterocycles. The van der Waals surface area contributed by atoms with Crippen molar-refractivity contribution in [3.8, 4) is 66.8 Å². The fourth-order valence-electron chi connectivity index (χ4n) is 13.5. The molecule has 0 radical (unpaired) electrons. The molecule has 1 nitrogen and oxygen atoms in total. The first-order valence-corrected chi connectivity index (χ1v) is 29.4. The molecule has 4 heteroatoms. The van der Waals surface area contributed by atoms with Crippen molar-refractivity contribution in [3.05, 3.63) is 336 Å². The molecule has 0 aliphatic heterocycles. The maximum absolute atomic E-state index is 3.95. The summed E-state index contributed by atoms with van der Waals surface area (Å²) in [6.07, 6.45) is 0. The van der Waals surface area contributed by atoms with Crippen LogP contribution in [0.1, 0.15) is 67.8 Å². The van der Waals surface area contributed by atoms with Gasteiger partial charge in [0.25, 0.3) is 0 Å². The van der Waals surface area contributed by atoms with Gasteiger partial charge < -0.3 is 4.90 Å². The number of rotatable bonds is 9. The zero-order valence-electron chi connectivity index (χ0n) is 42.8. The standard InChI is InChI=1S/C75H48Br3N/c76-67-31-10-7-22-64(67)73-58-19-4-1-16-55(58)61-28-13-25-52(70(61)73)46-34-40-49(41-35-46)79(50-42-36-47(37-43-50)53-26-14-29-62-56-17-2-5-20-59(56)74(71(53)62)65-23-8-11-32-68(65)77)51-44-38-48(39-45-51)54-27-15-30-63-57-18-3-6-21-60(57)75(72(54)63)66-24-9-12-33-69(66)78/h1-45,73-75H. The zero-order valence-corrected chi connectivity index (χ0v) is 47.6. The van der Waals surface area contributed by atoms with E-state index in [-0.39, 0.29) is 17.8 Å². The Hall–Kier alpha value is -8.12. The molecular formula is C75H48Br3N. The van der Waals surface area contributed by atoms with Crippen LogP contribution in [0, 0.1) is 0 Å². The van der Waals surface area contributed by atoms with E-state index in [2.05, 4.69) is 326 Å². The minimum atomic E-state index is 0.0974. The van der Waals surface area contributed by atoms with E-state index in [9.17, 15) is 0 Å². The molecule has 12 aromatic carbocycles. The SMILES string of the molecule is Brc1ccccc1C1c2ccccc2-c2cccc(-c3ccc(N(c4ccc(-c5cccc6c5C(c5ccccc5Br)c5ccccc5-6)cc4)c4ccc(-c5cccc6c5C(c5ccccc5Br)c5ccccc5-6)cc4)cc3)c21. The van der Waals surface area contributed by atoms with Crippen LogP contribution in [0.25, 0.3) is 66.8 Å². The summed E-state index contributed by atoms with van der Waals surface area (Å²) in [7, 11) is 0. The van der Waals surface area contributed by atoms with Crippen molar-refractivity contribution in [2.75, 3.05) is 4.90 Å². The normalized spacial score (nSPS) is 15.2. The summed E-state index contributed by atoms with van der Waals surface area (Å²) in [6.45, 7) is 0. The fourth-order valence-corrected chi connectivity index (χ4v) is 15.0. The van der Waals surface area contributed by atoms with Gasteiger partial charge in [-0.2, -0.15) is 0 Å². The molecule has 0 amide bonds. The lowest BCUT2D eigenvalue weighted by Crippen LogP contribution is -2.10. The molecule has 0 aromatic heterocycles. The highest BCUT2D eigenvalue weighted by Crippen LogP contribution is 2.56. The molecule has 3 aliphatic carbocycles. The average Bonchev–Trinajstić information content (AvgIpc) is 3.93. The Morgan fingerprint density at radius 2 is 0.430 bits per heavy atom. The molecule has 3 atom stereocenters. The first-order chi connectivity index (χ1) is 39.0. The van der Waals surface area contributed by atoms with Crippen LogP contribution in [-0.4, -0.2) is 0 Å². The van der Waals surface area contributed by atoms with E-state index >= 15 is 0 Å². The number of hydrogen-bond donors (Lipinski definition) is 0. The van der Waals surface area contributed by atoms with Crippen molar-refractivity contribution in [1.82, 2.24) is 0 Å². The van der Waals surface area contributed by atoms with Gasteiger partial charge in [-0.05, 0) is 171 Å². The molecule has 0 N–H and O–H groups in total. The second-order valence-electron chi connectivity index (χ2n) is 20.9. The zero-order chi connectivity index (χ0) is 52.7. The van der Waals surface area contributed by atoms with Crippen molar-refractivity contribution in [3.63, 3.8) is 0 Å². The Balaban J connectivity index is 0.849. The van der Waals surface area contributed by atoms with E-state index in [0.717, 1.165) is 30.5 Å². The maximum atomic E-state index is 3.95. The monoisotopic (exact) mass is 1200 g/mol. The van der Waals surface area contributed by atoms with Gasteiger partial charge in [0.05, 0.1) is 0 Å². The van der Waals surface area contributed by atoms with E-state index in [1.165, 1.54) is 117 Å². The first-order valence-electron chi connectivity index (χ1n) is 27.0. The molecule has 3 aliphatic rings. The molecule has 0 fully saturated rings. The molecule has 3 unspecified atom stereocenters. The van der Waals surface area contributed by atoms with Crippen molar-refractivity contribution >= 4 is 64.9 Å². The Kier molecular flexibility index (Phi) is 12.0. The van der Waals surface area contributed by atoms with E-state index < -0.39 is 0 Å². The Bertz CT molecular complexity index is 3920. The van der Waals surface area contributed by atoms with Crippen molar-refractivity contribution in [1.29, 1.82) is 0 Å². The van der Waals surface area contributed by atoms with Crippen LogP contribution in [0.4, 0.5) is 17.1 Å². The topological polar surface area (TPSA) is 3.24 Å². The molecule has 0 spiro atoms. The summed E-state index contributed by atoms with van der Waals surface area (Å²) < 4.78 is 3.37. The van der Waals surface area contributed by atoms with E-state index in [1.54, 1.807) is 0 Å². The number of nitrogens with zero attached hydrogens (tertiary/aromatic N) is 1. The quantitative estimate of drug-likeness (QED) is 0.139. The summed E-state index contributed by atoms with van der Waals surface area (Å²) in [5, 5.41) is 0. The van der Waals surface area contributed by atoms with Gasteiger partial charge in [0.1, 0.15) is 0 Å². The van der Waals surface area contributed by atoms with Crippen molar-refractivity contribution in [2.45, 2.75) is 17.8 Å². The Morgan fingerprint density at radius 3 is 0.709 bits per heavy atom. The highest BCUT2D eigenvalue weighted by molar-refractivity contribution is 9.11. The predicted octanol–water partition coefficient (Wildman–Crippen LogP) is 21.9. The van der Waals surface area contributed by atoms with E-state index in [0.29, 0.717) is 0 Å². The summed E-state index contributed by atoms with van der Waals surface area (Å²) in [5.74, 6) is 0.292. The van der Waals surface area contributed by atoms with Crippen LogP contribution >= 0.6 is 47.8 Å². The largest absolute Gasteiger partial charge is 0.311 e. The van der Waals surface area contributed by atoms with Crippen LogP contribution in [0.15, 0.2) is 286 Å². The van der Waals surface area contributed by atoms with Gasteiger partial charge in [-0.25, -0.2) is 0 Å². The van der Waals surface area contributed by atoms with Gasteiger partial charge in [0.15, 0.2) is 0 Å². The number of halogens is 3. The Morgan fingerprint density at radius 1 is 0.203 bits per heavy atom. The third kappa shape index (κ3) is 7.90. The van der Waals surface area contributed by atoms with Crippen molar-refractivity contribution in [2.24, 2.45) is 0 Å². The van der Waals surface area contributed by atoms with Crippen LogP contribution in [0.5, 0.6) is 0 Å². The lowest BCUT2D eigenvalue weighted by Gasteiger charge is -2.27. The van der Waals surface area contributed by atoms with Gasteiger partial charge in [-0.15, -0.1) is 0 Å². The third-order valence-electron chi connectivity index (χ3n) is 16.8. The molecule has 79 heavy (non-hydrogen) atoms. The Labute approximate surface area is 486 Å². The molecule has 15 rings (SSSR count). The molecule has 374 valence electrons. The number of anilines is 3. The number of fused-ring (bicyclic) bond motifs is 9. The van der Waals surface area contributed by atoms with Gasteiger partial charge in [-0.1, -0.05) is 266 Å². The molecule has 0 heterocycles. The second kappa shape index (κ2) is 19.7. The lowest BCUT2D eigenvalue weighted by atomic mass is 9.85. The fraction of sp³-hybridized carbons (Fsp3) is 0.0400. The smallest absolute Gasteiger partial charge is 0.0462 e. The first kappa shape index (κ1) is 48.0. The number of hydrogen-bond acceptors (Lipinski definition) is 1. The minimum absolute atomic E-state index is 0.0974. The second-order valence-corrected chi connectivity index (χ2v) is 23.5. The summed E-state index contributed by atoms with van der Waals surface area (Å²) in [5.41, 5.74) is 30.2. The highest BCUT2D eigenvalue weighted by atomic mass is 79.9. The van der Waals surface area contributed by atoms with Crippen LogP contribution in [0.3, 0.4) is 0 Å². The maximum Gasteiger partial charge on any atom is 0.0462 e. The van der Waals surface area contributed by atoms with Crippen molar-refractivity contribution < 1.29 is 0 Å². The predicted molar refractivity (Wildman–Crippen MR) is 339 cm³/mol. The average molecular weight is 1200 g/mol. The highest BCUT2D eigenvalue weighted by Gasteiger charge is 2.36. The van der Waals surface area contributed by atoms with Crippen LogP contribution in [-0.2, 0) is 0 Å². The van der Waals surface area contributed by atoms with Gasteiger partial charge >= 0.3 is 0 Å². The van der Waals surface area contributed by atoms with Gasteiger partial charge in [0.2, 0.25) is 0 Å². The summed E-state index contributed by atoms with van der Waals surface area (Å²) in [6, 6.07) is 101. The van der Waals surface area contributed by atoms with Gasteiger partial charge in [0, 0.05) is 48.2 Å². The van der Waals surface area contributed by atoms with Crippen LogP contribution < -0.4 is 4.90 Å². The van der Waals surface area contributed by atoms with Crippen LogP contribution in [0.2, 0.25) is 0 Å². The molecule has 0 bridgehead atoms. The van der Waals surface area contributed by atoms with Gasteiger partial charge in [-0.3, -0.25) is 0 Å². The van der Waals surface area contributed by atoms with E-state index in [1.807, 2.05) is 0 Å².